The Morgan fingerprint density at radius 2 is 1.76 bits per heavy atom. The van der Waals surface area contributed by atoms with E-state index >= 15 is 0 Å². The lowest BCUT2D eigenvalue weighted by Crippen LogP contribution is -2.36. The Morgan fingerprint density at radius 1 is 1.08 bits per heavy atom. The third-order valence-electron chi connectivity index (χ3n) is 4.98. The topological polar surface area (TPSA) is 42.3 Å². The van der Waals surface area contributed by atoms with Crippen LogP contribution in [0.5, 0.6) is 0 Å². The predicted molar refractivity (Wildman–Crippen MR) is 105 cm³/mol. The molecule has 1 aromatic carbocycles. The van der Waals surface area contributed by atoms with E-state index in [1.54, 1.807) is 0 Å². The molecule has 1 saturated heterocycles. The number of carbonyl (C=O) groups excluding carboxylic acids is 2. The lowest BCUT2D eigenvalue weighted by molar-refractivity contribution is -0.124. The van der Waals surface area contributed by atoms with Crippen LogP contribution in [0.3, 0.4) is 0 Å². The molecule has 0 N–H and O–H groups in total. The van der Waals surface area contributed by atoms with Gasteiger partial charge in [0.2, 0.25) is 0 Å². The number of thioether (sulfide) groups is 1. The Balaban J connectivity index is 2.05. The van der Waals surface area contributed by atoms with Gasteiger partial charge in [-0.25, -0.2) is 0 Å². The van der Waals surface area contributed by atoms with Crippen LogP contribution in [0.4, 0.5) is 4.79 Å². The third-order valence-corrected chi connectivity index (χ3v) is 5.86. The number of carbonyl (C=O) groups is 2. The molecule has 3 rings (SSSR count). The Labute approximate surface area is 152 Å². The molecule has 132 valence electrons. The number of amides is 2. The summed E-state index contributed by atoms with van der Waals surface area (Å²) in [5, 5.41) is 0.939. The Bertz CT molecular complexity index is 852. The van der Waals surface area contributed by atoms with Crippen LogP contribution in [0.1, 0.15) is 52.1 Å². The summed E-state index contributed by atoms with van der Waals surface area (Å²) >= 11 is 1.04. The highest BCUT2D eigenvalue weighted by Gasteiger charge is 2.37. The second-order valence-corrected chi connectivity index (χ2v) is 7.57. The summed E-state index contributed by atoms with van der Waals surface area (Å²) < 4.78 is 2.25. The second-order valence-electron chi connectivity index (χ2n) is 6.58. The van der Waals surface area contributed by atoms with E-state index in [9.17, 15) is 9.59 Å². The van der Waals surface area contributed by atoms with Gasteiger partial charge in [-0.2, -0.15) is 0 Å². The van der Waals surface area contributed by atoms with E-state index in [2.05, 4.69) is 36.7 Å². The molecular weight excluding hydrogens is 332 g/mol. The number of aromatic nitrogens is 1. The van der Waals surface area contributed by atoms with Crippen LogP contribution >= 0.6 is 11.8 Å². The zero-order valence-corrected chi connectivity index (χ0v) is 16.0. The van der Waals surface area contributed by atoms with Gasteiger partial charge in [-0.1, -0.05) is 32.0 Å². The molecule has 2 atom stereocenters. The quantitative estimate of drug-likeness (QED) is 0.669. The molecule has 2 amide bonds. The monoisotopic (exact) mass is 356 g/mol. The second kappa shape index (κ2) is 7.08. The predicted octanol–water partition coefficient (Wildman–Crippen LogP) is 5.45. The molecule has 0 radical (unpaired) electrons. The van der Waals surface area contributed by atoms with Gasteiger partial charge in [0.05, 0.1) is 4.91 Å². The molecule has 2 heterocycles. The van der Waals surface area contributed by atoms with Crippen LogP contribution < -0.4 is 0 Å². The first kappa shape index (κ1) is 17.8. The molecule has 0 bridgehead atoms. The first-order valence-corrected chi connectivity index (χ1v) is 9.66. The minimum Gasteiger partial charge on any atom is -0.344 e. The van der Waals surface area contributed by atoms with Gasteiger partial charge in [0.1, 0.15) is 0 Å². The first-order valence-electron chi connectivity index (χ1n) is 8.84. The summed E-state index contributed by atoms with van der Waals surface area (Å²) in [6.45, 7) is 8.25. The number of imide groups is 1. The zero-order valence-electron chi connectivity index (χ0n) is 15.2. The average molecular weight is 356 g/mol. The van der Waals surface area contributed by atoms with Gasteiger partial charge >= 0.3 is 0 Å². The van der Waals surface area contributed by atoms with Gasteiger partial charge in [-0.05, 0) is 50.6 Å². The number of nitrogens with zero attached hydrogens (tertiary/aromatic N) is 2. The lowest BCUT2D eigenvalue weighted by atomic mass is 10.1. The van der Waals surface area contributed by atoms with Gasteiger partial charge in [-0.15, -0.1) is 0 Å². The lowest BCUT2D eigenvalue weighted by Gasteiger charge is -2.19. The summed E-state index contributed by atoms with van der Waals surface area (Å²) in [7, 11) is 0. The maximum atomic E-state index is 12.7. The minimum atomic E-state index is -0.176. The number of hydrogen-bond donors (Lipinski definition) is 0. The molecule has 1 aliphatic heterocycles. The first-order chi connectivity index (χ1) is 12.0. The van der Waals surface area contributed by atoms with Crippen molar-refractivity contribution in [2.24, 2.45) is 0 Å². The van der Waals surface area contributed by atoms with Gasteiger partial charge in [0.15, 0.2) is 0 Å². The molecule has 5 heteroatoms. The fourth-order valence-corrected chi connectivity index (χ4v) is 4.01. The molecule has 1 aromatic heterocycles. The van der Waals surface area contributed by atoms with Gasteiger partial charge in [0.25, 0.3) is 11.1 Å². The van der Waals surface area contributed by atoms with E-state index < -0.39 is 0 Å². The van der Waals surface area contributed by atoms with E-state index in [0.29, 0.717) is 10.9 Å². The minimum absolute atomic E-state index is 0.0696. The van der Waals surface area contributed by atoms with Crippen molar-refractivity contribution in [2.45, 2.75) is 52.6 Å². The molecule has 0 aliphatic carbocycles. The van der Waals surface area contributed by atoms with Crippen LogP contribution in [-0.4, -0.2) is 26.7 Å². The molecular formula is C20H24N2O2S. The molecule has 0 unspecified atom stereocenters. The molecule has 25 heavy (non-hydrogen) atoms. The maximum absolute atomic E-state index is 12.7. The number of hydrogen-bond acceptors (Lipinski definition) is 3. The molecule has 4 nitrogen and oxygen atoms in total. The third kappa shape index (κ3) is 3.13. The van der Waals surface area contributed by atoms with E-state index in [1.165, 1.54) is 4.90 Å². The van der Waals surface area contributed by atoms with E-state index in [4.69, 9.17) is 0 Å². The molecule has 0 spiro atoms. The fraction of sp³-hybridized carbons (Fsp3) is 0.400. The number of benzene rings is 1. The van der Waals surface area contributed by atoms with Gasteiger partial charge < -0.3 is 4.57 Å². The SMILES string of the molecule is CC[C@@H](C)N1C(=O)S/C(=C/c2cn([C@H](C)CC)c3ccccc23)C1=O. The Morgan fingerprint density at radius 3 is 2.44 bits per heavy atom. The molecule has 0 saturated carbocycles. The summed E-state index contributed by atoms with van der Waals surface area (Å²) in [6.07, 6.45) is 5.76. The summed E-state index contributed by atoms with van der Waals surface area (Å²) in [5.74, 6) is -0.176. The van der Waals surface area contributed by atoms with Crippen molar-refractivity contribution in [3.8, 4) is 0 Å². The standard InChI is InChI=1S/C20H24N2O2S/c1-5-13(3)21-12-15(16-9-7-8-10-17(16)21)11-18-19(23)22(14(4)6-2)20(24)25-18/h7-14H,5-6H2,1-4H3/b18-11+/t13-,14-/m1/s1. The van der Waals surface area contributed by atoms with Crippen LogP contribution in [0.25, 0.3) is 17.0 Å². The summed E-state index contributed by atoms with van der Waals surface area (Å²) in [6, 6.07) is 8.51. The normalized spacial score (nSPS) is 19.2. The summed E-state index contributed by atoms with van der Waals surface area (Å²) in [5.41, 5.74) is 2.15. The van der Waals surface area contributed by atoms with Crippen molar-refractivity contribution in [1.82, 2.24) is 9.47 Å². The van der Waals surface area contributed by atoms with E-state index in [1.807, 2.05) is 32.1 Å². The van der Waals surface area contributed by atoms with Crippen LogP contribution in [0.15, 0.2) is 35.4 Å². The van der Waals surface area contributed by atoms with E-state index in [-0.39, 0.29) is 17.2 Å². The highest BCUT2D eigenvalue weighted by molar-refractivity contribution is 8.18. The van der Waals surface area contributed by atoms with Crippen LogP contribution in [-0.2, 0) is 4.79 Å². The van der Waals surface area contributed by atoms with Crippen molar-refractivity contribution >= 4 is 39.9 Å². The van der Waals surface area contributed by atoms with Gasteiger partial charge in [0, 0.05) is 34.7 Å². The zero-order chi connectivity index (χ0) is 18.1. The van der Waals surface area contributed by atoms with Crippen LogP contribution in [0, 0.1) is 0 Å². The van der Waals surface area contributed by atoms with Crippen LogP contribution in [0.2, 0.25) is 0 Å². The fourth-order valence-electron chi connectivity index (χ4n) is 3.09. The number of para-hydroxylation sites is 1. The smallest absolute Gasteiger partial charge is 0.293 e. The Kier molecular flexibility index (Phi) is 5.04. The van der Waals surface area contributed by atoms with Crippen molar-refractivity contribution in [1.29, 1.82) is 0 Å². The molecule has 1 fully saturated rings. The highest BCUT2D eigenvalue weighted by atomic mass is 32.2. The highest BCUT2D eigenvalue weighted by Crippen LogP contribution is 2.36. The Hall–Kier alpha value is -2.01. The van der Waals surface area contributed by atoms with Gasteiger partial charge in [-0.3, -0.25) is 14.5 Å². The van der Waals surface area contributed by atoms with Crippen molar-refractivity contribution in [3.63, 3.8) is 0 Å². The van der Waals surface area contributed by atoms with Crippen molar-refractivity contribution in [3.05, 3.63) is 40.9 Å². The van der Waals surface area contributed by atoms with Crippen molar-refractivity contribution < 1.29 is 9.59 Å². The largest absolute Gasteiger partial charge is 0.344 e. The summed E-state index contributed by atoms with van der Waals surface area (Å²) in [4.78, 5) is 26.8. The number of fused-ring (bicyclic) bond motifs is 1. The van der Waals surface area contributed by atoms with Crippen molar-refractivity contribution in [2.75, 3.05) is 0 Å². The van der Waals surface area contributed by atoms with E-state index in [0.717, 1.165) is 41.1 Å². The average Bonchev–Trinajstić information content (AvgIpc) is 3.12. The maximum Gasteiger partial charge on any atom is 0.293 e. The molecule has 2 aromatic rings. The number of rotatable bonds is 5. The molecule has 1 aliphatic rings.